The Kier molecular flexibility index (Phi) is 3.63. The van der Waals surface area contributed by atoms with Gasteiger partial charge < -0.3 is 5.11 Å². The van der Waals surface area contributed by atoms with E-state index in [2.05, 4.69) is 10.3 Å². The molecule has 0 aliphatic carbocycles. The van der Waals surface area contributed by atoms with E-state index in [4.69, 9.17) is 5.11 Å². The third kappa shape index (κ3) is 2.89. The SMILES string of the molecule is O=[N+]([O-])c1cccc(Cn2cc(CCO)nn2)c1. The number of aliphatic hydroxyl groups is 1. The van der Waals surface area contributed by atoms with E-state index in [1.807, 2.05) is 0 Å². The van der Waals surface area contributed by atoms with Crippen molar-refractivity contribution in [3.8, 4) is 0 Å². The third-order valence-corrected chi connectivity index (χ3v) is 2.42. The highest BCUT2D eigenvalue weighted by atomic mass is 16.6. The van der Waals surface area contributed by atoms with E-state index in [1.165, 1.54) is 12.1 Å². The second-order valence-electron chi connectivity index (χ2n) is 3.81. The van der Waals surface area contributed by atoms with Crippen molar-refractivity contribution in [1.82, 2.24) is 15.0 Å². The quantitative estimate of drug-likeness (QED) is 0.623. The zero-order valence-corrected chi connectivity index (χ0v) is 9.56. The van der Waals surface area contributed by atoms with E-state index in [0.717, 1.165) is 5.56 Å². The Morgan fingerprint density at radius 3 is 3.00 bits per heavy atom. The van der Waals surface area contributed by atoms with E-state index in [0.29, 0.717) is 18.7 Å². The summed E-state index contributed by atoms with van der Waals surface area (Å²) in [5, 5.41) is 27.2. The third-order valence-electron chi connectivity index (χ3n) is 2.42. The summed E-state index contributed by atoms with van der Waals surface area (Å²) >= 11 is 0. The molecule has 1 N–H and O–H groups in total. The molecule has 0 saturated carbocycles. The van der Waals surface area contributed by atoms with Crippen LogP contribution in [0.1, 0.15) is 11.3 Å². The minimum absolute atomic E-state index is 0.0233. The largest absolute Gasteiger partial charge is 0.396 e. The maximum Gasteiger partial charge on any atom is 0.269 e. The summed E-state index contributed by atoms with van der Waals surface area (Å²) in [6.07, 6.45) is 2.17. The predicted octanol–water partition coefficient (Wildman–Crippen LogP) is 0.769. The predicted molar refractivity (Wildman–Crippen MR) is 63.0 cm³/mol. The van der Waals surface area contributed by atoms with Crippen LogP contribution in [0.4, 0.5) is 5.69 Å². The summed E-state index contributed by atoms with van der Waals surface area (Å²) in [5.41, 5.74) is 1.54. The van der Waals surface area contributed by atoms with Crippen molar-refractivity contribution in [3.05, 3.63) is 51.8 Å². The summed E-state index contributed by atoms with van der Waals surface area (Å²) in [6.45, 7) is 0.440. The second kappa shape index (κ2) is 5.37. The highest BCUT2D eigenvalue weighted by Crippen LogP contribution is 2.13. The van der Waals surface area contributed by atoms with Gasteiger partial charge in [0.25, 0.3) is 5.69 Å². The van der Waals surface area contributed by atoms with Crippen LogP contribution >= 0.6 is 0 Å². The van der Waals surface area contributed by atoms with Crippen molar-refractivity contribution < 1.29 is 10.0 Å². The molecule has 0 saturated heterocycles. The van der Waals surface area contributed by atoms with Gasteiger partial charge in [0.1, 0.15) is 0 Å². The lowest BCUT2D eigenvalue weighted by molar-refractivity contribution is -0.384. The van der Waals surface area contributed by atoms with E-state index in [-0.39, 0.29) is 12.3 Å². The standard InChI is InChI=1S/C11H12N4O3/c16-5-4-10-8-14(13-12-10)7-9-2-1-3-11(6-9)15(17)18/h1-3,6,8,16H,4-5,7H2. The van der Waals surface area contributed by atoms with Gasteiger partial charge in [-0.1, -0.05) is 17.3 Å². The van der Waals surface area contributed by atoms with Crippen molar-refractivity contribution in [3.63, 3.8) is 0 Å². The second-order valence-corrected chi connectivity index (χ2v) is 3.81. The molecule has 0 unspecified atom stereocenters. The number of nitro benzene ring substituents is 1. The fraction of sp³-hybridized carbons (Fsp3) is 0.273. The van der Waals surface area contributed by atoms with Crippen LogP contribution in [0.15, 0.2) is 30.5 Å². The maximum atomic E-state index is 10.6. The van der Waals surface area contributed by atoms with Crippen LogP contribution in [0.25, 0.3) is 0 Å². The van der Waals surface area contributed by atoms with Gasteiger partial charge >= 0.3 is 0 Å². The van der Waals surface area contributed by atoms with Crippen molar-refractivity contribution in [2.24, 2.45) is 0 Å². The molecule has 7 nitrogen and oxygen atoms in total. The fourth-order valence-electron chi connectivity index (χ4n) is 1.60. The molecule has 0 bridgehead atoms. The van der Waals surface area contributed by atoms with Crippen molar-refractivity contribution in [2.45, 2.75) is 13.0 Å². The van der Waals surface area contributed by atoms with Gasteiger partial charge in [0.05, 0.1) is 17.2 Å². The van der Waals surface area contributed by atoms with Gasteiger partial charge in [-0.3, -0.25) is 10.1 Å². The average Bonchev–Trinajstić information content (AvgIpc) is 2.77. The van der Waals surface area contributed by atoms with Gasteiger partial charge in [-0.05, 0) is 5.56 Å². The molecule has 0 atom stereocenters. The Morgan fingerprint density at radius 1 is 1.44 bits per heavy atom. The molecule has 1 aromatic carbocycles. The average molecular weight is 248 g/mol. The molecule has 2 rings (SSSR count). The van der Waals surface area contributed by atoms with Gasteiger partial charge in [0.2, 0.25) is 0 Å². The topological polar surface area (TPSA) is 94.1 Å². The van der Waals surface area contributed by atoms with Gasteiger partial charge in [-0.15, -0.1) is 5.10 Å². The monoisotopic (exact) mass is 248 g/mol. The summed E-state index contributed by atoms with van der Waals surface area (Å²) in [5.74, 6) is 0. The lowest BCUT2D eigenvalue weighted by Gasteiger charge is -2.00. The number of benzene rings is 1. The van der Waals surface area contributed by atoms with Crippen LogP contribution in [-0.4, -0.2) is 31.6 Å². The van der Waals surface area contributed by atoms with Crippen molar-refractivity contribution in [2.75, 3.05) is 6.61 Å². The molecule has 0 aliphatic heterocycles. The van der Waals surface area contributed by atoms with E-state index in [1.54, 1.807) is 23.0 Å². The van der Waals surface area contributed by atoms with Gasteiger partial charge in [0.15, 0.2) is 0 Å². The summed E-state index contributed by atoms with van der Waals surface area (Å²) in [6, 6.07) is 6.38. The molecule has 0 aliphatic rings. The number of hydrogen-bond acceptors (Lipinski definition) is 5. The van der Waals surface area contributed by atoms with Crippen LogP contribution in [0.3, 0.4) is 0 Å². The molecule has 0 radical (unpaired) electrons. The number of non-ortho nitro benzene ring substituents is 1. The minimum atomic E-state index is -0.429. The Balaban J connectivity index is 2.12. The van der Waals surface area contributed by atoms with Crippen LogP contribution in [0, 0.1) is 10.1 Å². The molecule has 94 valence electrons. The van der Waals surface area contributed by atoms with E-state index >= 15 is 0 Å². The zero-order valence-electron chi connectivity index (χ0n) is 9.56. The summed E-state index contributed by atoms with van der Waals surface area (Å²) in [4.78, 5) is 10.2. The molecule has 2 aromatic rings. The smallest absolute Gasteiger partial charge is 0.269 e. The Labute approximate surface area is 103 Å². The molecule has 0 spiro atoms. The van der Waals surface area contributed by atoms with Crippen LogP contribution in [-0.2, 0) is 13.0 Å². The molecule has 1 aromatic heterocycles. The lowest BCUT2D eigenvalue weighted by Crippen LogP contribution is -2.01. The maximum absolute atomic E-state index is 10.6. The van der Waals surface area contributed by atoms with Gasteiger partial charge in [0, 0.05) is 31.4 Å². The van der Waals surface area contributed by atoms with Crippen LogP contribution in [0.2, 0.25) is 0 Å². The molecule has 18 heavy (non-hydrogen) atoms. The first kappa shape index (κ1) is 12.2. The van der Waals surface area contributed by atoms with Crippen molar-refractivity contribution in [1.29, 1.82) is 0 Å². The number of aliphatic hydroxyl groups excluding tert-OH is 1. The number of aromatic nitrogens is 3. The van der Waals surface area contributed by atoms with Crippen molar-refractivity contribution >= 4 is 5.69 Å². The van der Waals surface area contributed by atoms with Crippen LogP contribution in [0.5, 0.6) is 0 Å². The summed E-state index contributed by atoms with van der Waals surface area (Å²) in [7, 11) is 0. The molecule has 0 fully saturated rings. The number of nitrogens with zero attached hydrogens (tertiary/aromatic N) is 4. The molecule has 0 amide bonds. The first-order valence-electron chi connectivity index (χ1n) is 5.42. The van der Waals surface area contributed by atoms with Crippen LogP contribution < -0.4 is 0 Å². The number of nitro groups is 1. The zero-order chi connectivity index (χ0) is 13.0. The molecular weight excluding hydrogens is 236 g/mol. The highest BCUT2D eigenvalue weighted by Gasteiger charge is 2.07. The van der Waals surface area contributed by atoms with Gasteiger partial charge in [-0.25, -0.2) is 4.68 Å². The Morgan fingerprint density at radius 2 is 2.28 bits per heavy atom. The lowest BCUT2D eigenvalue weighted by atomic mass is 10.2. The number of hydrogen-bond donors (Lipinski definition) is 1. The Hall–Kier alpha value is -2.28. The first-order valence-corrected chi connectivity index (χ1v) is 5.42. The molecule has 1 heterocycles. The highest BCUT2D eigenvalue weighted by molar-refractivity contribution is 5.34. The normalized spacial score (nSPS) is 10.5. The fourth-order valence-corrected chi connectivity index (χ4v) is 1.60. The number of rotatable bonds is 5. The van der Waals surface area contributed by atoms with E-state index in [9.17, 15) is 10.1 Å². The van der Waals surface area contributed by atoms with E-state index < -0.39 is 4.92 Å². The first-order chi connectivity index (χ1) is 8.69. The minimum Gasteiger partial charge on any atom is -0.396 e. The molecule has 7 heteroatoms. The van der Waals surface area contributed by atoms with Gasteiger partial charge in [-0.2, -0.15) is 0 Å². The summed E-state index contributed by atoms with van der Waals surface area (Å²) < 4.78 is 1.59. The Bertz CT molecular complexity index is 553. The molecular formula is C11H12N4O3.